The van der Waals surface area contributed by atoms with Gasteiger partial charge in [0.2, 0.25) is 11.8 Å². The first-order valence-corrected chi connectivity index (χ1v) is 5.21. The molecule has 1 aliphatic heterocycles. The second kappa shape index (κ2) is 3.59. The van der Waals surface area contributed by atoms with Crippen LogP contribution in [0.25, 0.3) is 0 Å². The molecule has 0 radical (unpaired) electrons. The molecule has 0 spiro atoms. The molecule has 2 aliphatic rings. The molecule has 2 amide bonds. The van der Waals surface area contributed by atoms with E-state index in [4.69, 9.17) is 0 Å². The van der Waals surface area contributed by atoms with Crippen LogP contribution in [0.2, 0.25) is 0 Å². The van der Waals surface area contributed by atoms with Gasteiger partial charge in [0.15, 0.2) is 0 Å². The van der Waals surface area contributed by atoms with Crippen LogP contribution < -0.4 is 5.32 Å². The molecular weight excluding hydrogens is 180 g/mol. The van der Waals surface area contributed by atoms with E-state index in [0.717, 1.165) is 12.5 Å². The maximum Gasteiger partial charge on any atom is 0.241 e. The Labute approximate surface area is 83.6 Å². The fraction of sp³-hybridized carbons (Fsp3) is 0.800. The molecule has 0 aromatic heterocycles. The topological polar surface area (TPSA) is 49.4 Å². The minimum Gasteiger partial charge on any atom is -0.347 e. The van der Waals surface area contributed by atoms with Crippen molar-refractivity contribution in [1.82, 2.24) is 10.2 Å². The summed E-state index contributed by atoms with van der Waals surface area (Å²) in [6.07, 6.45) is 1.68. The summed E-state index contributed by atoms with van der Waals surface area (Å²) in [4.78, 5) is 24.4. The molecule has 2 atom stereocenters. The van der Waals surface area contributed by atoms with Crippen molar-refractivity contribution >= 4 is 11.8 Å². The van der Waals surface area contributed by atoms with Crippen molar-refractivity contribution in [2.45, 2.75) is 19.8 Å². The smallest absolute Gasteiger partial charge is 0.241 e. The first kappa shape index (κ1) is 9.49. The number of nitrogens with zero attached hydrogens (tertiary/aromatic N) is 1. The third-order valence-corrected chi connectivity index (χ3v) is 3.13. The quantitative estimate of drug-likeness (QED) is 0.675. The van der Waals surface area contributed by atoms with E-state index in [2.05, 4.69) is 12.2 Å². The summed E-state index contributed by atoms with van der Waals surface area (Å²) in [5, 5.41) is 2.60. The van der Waals surface area contributed by atoms with Gasteiger partial charge in [-0.25, -0.2) is 0 Å². The standard InChI is InChI=1S/C10H16N2O2/c1-7-4-8(7)6-12-3-2-9(13)11-5-10(12)14/h7-8H,2-6H2,1H3,(H,11,13). The summed E-state index contributed by atoms with van der Waals surface area (Å²) in [7, 11) is 0. The monoisotopic (exact) mass is 196 g/mol. The Kier molecular flexibility index (Phi) is 2.44. The van der Waals surface area contributed by atoms with Crippen molar-refractivity contribution in [3.63, 3.8) is 0 Å². The Morgan fingerprint density at radius 1 is 1.50 bits per heavy atom. The molecule has 0 aromatic carbocycles. The maximum absolute atomic E-state index is 11.5. The van der Waals surface area contributed by atoms with Gasteiger partial charge in [-0.3, -0.25) is 9.59 Å². The van der Waals surface area contributed by atoms with Crippen LogP contribution in [0.1, 0.15) is 19.8 Å². The fourth-order valence-corrected chi connectivity index (χ4v) is 1.87. The number of carbonyl (C=O) groups excluding carboxylic acids is 2. The Balaban J connectivity index is 1.89. The molecule has 1 heterocycles. The second-order valence-corrected chi connectivity index (χ2v) is 4.34. The Morgan fingerprint density at radius 3 is 2.86 bits per heavy atom. The summed E-state index contributed by atoms with van der Waals surface area (Å²) in [6.45, 7) is 3.82. The molecule has 4 nitrogen and oxygen atoms in total. The summed E-state index contributed by atoms with van der Waals surface area (Å²) < 4.78 is 0. The van der Waals surface area contributed by atoms with Gasteiger partial charge in [0.1, 0.15) is 0 Å². The second-order valence-electron chi connectivity index (χ2n) is 4.34. The van der Waals surface area contributed by atoms with E-state index >= 15 is 0 Å². The molecule has 0 aromatic rings. The first-order valence-electron chi connectivity index (χ1n) is 5.21. The number of hydrogen-bond acceptors (Lipinski definition) is 2. The van der Waals surface area contributed by atoms with Crippen molar-refractivity contribution in [2.24, 2.45) is 11.8 Å². The minimum absolute atomic E-state index is 0.00954. The van der Waals surface area contributed by atoms with Crippen LogP contribution in [-0.2, 0) is 9.59 Å². The van der Waals surface area contributed by atoms with Gasteiger partial charge in [-0.2, -0.15) is 0 Å². The summed E-state index contributed by atoms with van der Waals surface area (Å²) in [5.41, 5.74) is 0. The average Bonchev–Trinajstić information content (AvgIpc) is 2.86. The van der Waals surface area contributed by atoms with Crippen LogP contribution in [0.4, 0.5) is 0 Å². The van der Waals surface area contributed by atoms with E-state index in [-0.39, 0.29) is 18.4 Å². The minimum atomic E-state index is -0.00954. The molecule has 2 rings (SSSR count). The molecule has 1 saturated heterocycles. The Hall–Kier alpha value is -1.06. The van der Waals surface area contributed by atoms with Crippen LogP contribution in [0.3, 0.4) is 0 Å². The third kappa shape index (κ3) is 2.05. The van der Waals surface area contributed by atoms with Crippen LogP contribution in [0.15, 0.2) is 0 Å². The van der Waals surface area contributed by atoms with Crippen molar-refractivity contribution in [3.8, 4) is 0 Å². The van der Waals surface area contributed by atoms with E-state index in [1.165, 1.54) is 6.42 Å². The lowest BCUT2D eigenvalue weighted by molar-refractivity contribution is -0.130. The summed E-state index contributed by atoms with van der Waals surface area (Å²) in [6, 6.07) is 0. The highest BCUT2D eigenvalue weighted by atomic mass is 16.2. The molecule has 14 heavy (non-hydrogen) atoms. The predicted octanol–water partition coefficient (Wildman–Crippen LogP) is -0.00910. The first-order chi connectivity index (χ1) is 6.66. The molecule has 78 valence electrons. The molecule has 1 N–H and O–H groups in total. The molecule has 2 unspecified atom stereocenters. The van der Waals surface area contributed by atoms with Crippen LogP contribution in [0, 0.1) is 11.8 Å². The van der Waals surface area contributed by atoms with Gasteiger partial charge >= 0.3 is 0 Å². The van der Waals surface area contributed by atoms with Gasteiger partial charge < -0.3 is 10.2 Å². The van der Waals surface area contributed by atoms with Gasteiger partial charge in [-0.15, -0.1) is 0 Å². The highest BCUT2D eigenvalue weighted by Crippen LogP contribution is 2.38. The van der Waals surface area contributed by atoms with Crippen molar-refractivity contribution in [2.75, 3.05) is 19.6 Å². The van der Waals surface area contributed by atoms with Crippen LogP contribution >= 0.6 is 0 Å². The molecule has 4 heteroatoms. The zero-order chi connectivity index (χ0) is 10.1. The zero-order valence-corrected chi connectivity index (χ0v) is 8.45. The molecule has 1 saturated carbocycles. The normalized spacial score (nSPS) is 32.5. The highest BCUT2D eigenvalue weighted by molar-refractivity contribution is 5.87. The van der Waals surface area contributed by atoms with Gasteiger partial charge in [0.05, 0.1) is 6.54 Å². The third-order valence-electron chi connectivity index (χ3n) is 3.13. The lowest BCUT2D eigenvalue weighted by atomic mass is 10.3. The lowest BCUT2D eigenvalue weighted by Gasteiger charge is -2.19. The number of nitrogens with one attached hydrogen (secondary N) is 1. The zero-order valence-electron chi connectivity index (χ0n) is 8.45. The lowest BCUT2D eigenvalue weighted by Crippen LogP contribution is -2.36. The van der Waals surface area contributed by atoms with Crippen molar-refractivity contribution in [1.29, 1.82) is 0 Å². The predicted molar refractivity (Wildman–Crippen MR) is 51.5 cm³/mol. The molecular formula is C10H16N2O2. The van der Waals surface area contributed by atoms with E-state index in [1.807, 2.05) is 4.90 Å². The Morgan fingerprint density at radius 2 is 2.21 bits per heavy atom. The summed E-state index contributed by atoms with van der Waals surface area (Å²) >= 11 is 0. The van der Waals surface area contributed by atoms with E-state index in [9.17, 15) is 9.59 Å². The van der Waals surface area contributed by atoms with E-state index in [0.29, 0.717) is 18.9 Å². The number of carbonyl (C=O) groups is 2. The average molecular weight is 196 g/mol. The van der Waals surface area contributed by atoms with Crippen molar-refractivity contribution in [3.05, 3.63) is 0 Å². The maximum atomic E-state index is 11.5. The van der Waals surface area contributed by atoms with Crippen LogP contribution in [-0.4, -0.2) is 36.3 Å². The highest BCUT2D eigenvalue weighted by Gasteiger charge is 2.35. The fourth-order valence-electron chi connectivity index (χ4n) is 1.87. The number of amides is 2. The molecule has 1 aliphatic carbocycles. The summed E-state index contributed by atoms with van der Waals surface area (Å²) in [5.74, 6) is 1.49. The van der Waals surface area contributed by atoms with E-state index in [1.54, 1.807) is 0 Å². The Bertz CT molecular complexity index is 265. The van der Waals surface area contributed by atoms with Crippen LogP contribution in [0.5, 0.6) is 0 Å². The SMILES string of the molecule is CC1CC1CN1CCC(=O)NCC1=O. The molecule has 2 fully saturated rings. The van der Waals surface area contributed by atoms with Crippen molar-refractivity contribution < 1.29 is 9.59 Å². The van der Waals surface area contributed by atoms with Gasteiger partial charge in [0, 0.05) is 19.5 Å². The number of rotatable bonds is 2. The van der Waals surface area contributed by atoms with Gasteiger partial charge in [-0.1, -0.05) is 6.92 Å². The number of hydrogen-bond donors (Lipinski definition) is 1. The largest absolute Gasteiger partial charge is 0.347 e. The van der Waals surface area contributed by atoms with E-state index < -0.39 is 0 Å². The molecule has 0 bridgehead atoms. The van der Waals surface area contributed by atoms with Gasteiger partial charge in [-0.05, 0) is 18.3 Å². The van der Waals surface area contributed by atoms with Gasteiger partial charge in [0.25, 0.3) is 0 Å².